The molecule has 1 aromatic carbocycles. The standard InChI is InChI=1S/C14H19F3N2O/c1-9-5-6-19(8-13(9)20-2)10-3-4-12(18)11(7-10)14(15,16)17/h3-4,7,9,13H,5-6,8,18H2,1-2H3. The first-order valence-corrected chi connectivity index (χ1v) is 6.57. The molecule has 2 unspecified atom stereocenters. The molecule has 1 saturated heterocycles. The summed E-state index contributed by atoms with van der Waals surface area (Å²) in [5.41, 5.74) is 4.94. The average molecular weight is 288 g/mol. The summed E-state index contributed by atoms with van der Waals surface area (Å²) in [4.78, 5) is 1.92. The number of nitrogen functional groups attached to an aromatic ring is 1. The van der Waals surface area contributed by atoms with E-state index in [1.165, 1.54) is 6.07 Å². The van der Waals surface area contributed by atoms with Crippen LogP contribution in [-0.2, 0) is 10.9 Å². The maximum absolute atomic E-state index is 12.9. The zero-order chi connectivity index (χ0) is 14.9. The Bertz CT molecular complexity index is 476. The third-order valence-electron chi connectivity index (χ3n) is 3.90. The molecule has 0 saturated carbocycles. The van der Waals surface area contributed by atoms with Crippen molar-refractivity contribution in [2.75, 3.05) is 30.8 Å². The van der Waals surface area contributed by atoms with E-state index in [0.29, 0.717) is 18.2 Å². The quantitative estimate of drug-likeness (QED) is 0.850. The molecule has 0 aromatic heterocycles. The molecular formula is C14H19F3N2O. The molecule has 2 atom stereocenters. The van der Waals surface area contributed by atoms with Gasteiger partial charge in [0, 0.05) is 31.6 Å². The molecule has 0 aliphatic carbocycles. The van der Waals surface area contributed by atoms with Gasteiger partial charge in [-0.3, -0.25) is 0 Å². The number of nitrogens with zero attached hydrogens (tertiary/aromatic N) is 1. The van der Waals surface area contributed by atoms with Gasteiger partial charge in [0.15, 0.2) is 0 Å². The van der Waals surface area contributed by atoms with Gasteiger partial charge in [-0.05, 0) is 30.5 Å². The van der Waals surface area contributed by atoms with Crippen LogP contribution in [0.3, 0.4) is 0 Å². The van der Waals surface area contributed by atoms with Crippen LogP contribution in [0.25, 0.3) is 0 Å². The van der Waals surface area contributed by atoms with Gasteiger partial charge >= 0.3 is 6.18 Å². The second-order valence-electron chi connectivity index (χ2n) is 5.26. The molecule has 0 amide bonds. The number of hydrogen-bond donors (Lipinski definition) is 1. The predicted molar refractivity (Wildman–Crippen MR) is 72.6 cm³/mol. The third-order valence-corrected chi connectivity index (χ3v) is 3.90. The van der Waals surface area contributed by atoms with E-state index in [1.807, 2.05) is 4.90 Å². The number of ether oxygens (including phenoxy) is 1. The first-order chi connectivity index (χ1) is 9.32. The van der Waals surface area contributed by atoms with E-state index in [-0.39, 0.29) is 11.8 Å². The predicted octanol–water partition coefficient (Wildman–Crippen LogP) is 3.15. The average Bonchev–Trinajstić information content (AvgIpc) is 2.38. The summed E-state index contributed by atoms with van der Waals surface area (Å²) >= 11 is 0. The van der Waals surface area contributed by atoms with E-state index in [9.17, 15) is 13.2 Å². The number of rotatable bonds is 2. The molecule has 1 aliphatic rings. The summed E-state index contributed by atoms with van der Waals surface area (Å²) in [7, 11) is 1.63. The van der Waals surface area contributed by atoms with E-state index in [2.05, 4.69) is 6.92 Å². The van der Waals surface area contributed by atoms with Gasteiger partial charge in [-0.25, -0.2) is 0 Å². The van der Waals surface area contributed by atoms with E-state index in [0.717, 1.165) is 19.0 Å². The summed E-state index contributed by atoms with van der Waals surface area (Å²) in [6.07, 6.45) is -3.50. The second-order valence-corrected chi connectivity index (χ2v) is 5.26. The molecule has 2 rings (SSSR count). The number of benzene rings is 1. The molecule has 20 heavy (non-hydrogen) atoms. The molecule has 0 radical (unpaired) electrons. The van der Waals surface area contributed by atoms with Gasteiger partial charge in [0.2, 0.25) is 0 Å². The fraction of sp³-hybridized carbons (Fsp3) is 0.571. The van der Waals surface area contributed by atoms with Crippen LogP contribution in [0.5, 0.6) is 0 Å². The number of hydrogen-bond acceptors (Lipinski definition) is 3. The van der Waals surface area contributed by atoms with Gasteiger partial charge in [0.25, 0.3) is 0 Å². The van der Waals surface area contributed by atoms with Crippen LogP contribution in [0.4, 0.5) is 24.5 Å². The van der Waals surface area contributed by atoms with Crippen molar-refractivity contribution in [2.24, 2.45) is 5.92 Å². The first-order valence-electron chi connectivity index (χ1n) is 6.57. The number of anilines is 2. The minimum absolute atomic E-state index is 0.0376. The maximum atomic E-state index is 12.9. The summed E-state index contributed by atoms with van der Waals surface area (Å²) in [6.45, 7) is 3.41. The van der Waals surface area contributed by atoms with Gasteiger partial charge in [-0.15, -0.1) is 0 Å². The van der Waals surface area contributed by atoms with E-state index in [4.69, 9.17) is 10.5 Å². The molecule has 3 nitrogen and oxygen atoms in total. The number of halogens is 3. The summed E-state index contributed by atoms with van der Waals surface area (Å²) in [5, 5.41) is 0. The number of nitrogens with two attached hydrogens (primary N) is 1. The van der Waals surface area contributed by atoms with E-state index >= 15 is 0 Å². The van der Waals surface area contributed by atoms with Gasteiger partial charge in [-0.1, -0.05) is 6.92 Å². The van der Waals surface area contributed by atoms with Crippen molar-refractivity contribution in [3.8, 4) is 0 Å². The molecule has 1 fully saturated rings. The summed E-state index contributed by atoms with van der Waals surface area (Å²) < 4.78 is 44.0. The van der Waals surface area contributed by atoms with Crippen molar-refractivity contribution in [1.82, 2.24) is 0 Å². The Labute approximate surface area is 116 Å². The Hall–Kier alpha value is -1.43. The Balaban J connectivity index is 2.25. The molecule has 1 aliphatic heterocycles. The Kier molecular flexibility index (Phi) is 4.13. The highest BCUT2D eigenvalue weighted by Gasteiger charge is 2.34. The summed E-state index contributed by atoms with van der Waals surface area (Å²) in [6, 6.07) is 4.07. The topological polar surface area (TPSA) is 38.5 Å². The van der Waals surface area contributed by atoms with Crippen LogP contribution in [0.2, 0.25) is 0 Å². The van der Waals surface area contributed by atoms with Gasteiger partial charge < -0.3 is 15.4 Å². The van der Waals surface area contributed by atoms with Gasteiger partial charge in [-0.2, -0.15) is 13.2 Å². The van der Waals surface area contributed by atoms with Crippen LogP contribution in [0.1, 0.15) is 18.9 Å². The highest BCUT2D eigenvalue weighted by molar-refractivity contribution is 5.59. The van der Waals surface area contributed by atoms with Crippen LogP contribution < -0.4 is 10.6 Å². The zero-order valence-corrected chi connectivity index (χ0v) is 11.6. The van der Waals surface area contributed by atoms with Crippen LogP contribution in [0, 0.1) is 5.92 Å². The molecular weight excluding hydrogens is 269 g/mol. The lowest BCUT2D eigenvalue weighted by Gasteiger charge is -2.37. The number of alkyl halides is 3. The number of piperidine rings is 1. The van der Waals surface area contributed by atoms with Crippen molar-refractivity contribution < 1.29 is 17.9 Å². The van der Waals surface area contributed by atoms with Crippen LogP contribution in [0.15, 0.2) is 18.2 Å². The number of methoxy groups -OCH3 is 1. The lowest BCUT2D eigenvalue weighted by molar-refractivity contribution is -0.136. The second kappa shape index (κ2) is 5.52. The smallest absolute Gasteiger partial charge is 0.398 e. The van der Waals surface area contributed by atoms with E-state index < -0.39 is 11.7 Å². The molecule has 1 heterocycles. The van der Waals surface area contributed by atoms with Crippen molar-refractivity contribution in [1.29, 1.82) is 0 Å². The highest BCUT2D eigenvalue weighted by Crippen LogP contribution is 2.36. The largest absolute Gasteiger partial charge is 0.418 e. The van der Waals surface area contributed by atoms with Crippen LogP contribution >= 0.6 is 0 Å². The molecule has 0 bridgehead atoms. The monoisotopic (exact) mass is 288 g/mol. The summed E-state index contributed by atoms with van der Waals surface area (Å²) in [5.74, 6) is 0.409. The molecule has 112 valence electrons. The zero-order valence-electron chi connectivity index (χ0n) is 11.6. The normalized spacial score (nSPS) is 23.9. The van der Waals surface area contributed by atoms with Gasteiger partial charge in [0.1, 0.15) is 0 Å². The van der Waals surface area contributed by atoms with Crippen molar-refractivity contribution in [3.63, 3.8) is 0 Å². The minimum Gasteiger partial charge on any atom is -0.398 e. The molecule has 0 spiro atoms. The van der Waals surface area contributed by atoms with Crippen molar-refractivity contribution >= 4 is 11.4 Å². The van der Waals surface area contributed by atoms with Crippen molar-refractivity contribution in [3.05, 3.63) is 23.8 Å². The molecule has 6 heteroatoms. The van der Waals surface area contributed by atoms with Gasteiger partial charge in [0.05, 0.1) is 11.7 Å². The fourth-order valence-corrected chi connectivity index (χ4v) is 2.56. The first kappa shape index (κ1) is 15.0. The fourth-order valence-electron chi connectivity index (χ4n) is 2.56. The SMILES string of the molecule is COC1CN(c2ccc(N)c(C(F)(F)F)c2)CCC1C. The van der Waals surface area contributed by atoms with Crippen molar-refractivity contribution in [2.45, 2.75) is 25.6 Å². The van der Waals surface area contributed by atoms with Crippen LogP contribution in [-0.4, -0.2) is 26.3 Å². The maximum Gasteiger partial charge on any atom is 0.418 e. The lowest BCUT2D eigenvalue weighted by Crippen LogP contribution is -2.44. The van der Waals surface area contributed by atoms with E-state index in [1.54, 1.807) is 13.2 Å². The Morgan fingerprint density at radius 3 is 2.65 bits per heavy atom. The molecule has 1 aromatic rings. The Morgan fingerprint density at radius 2 is 2.05 bits per heavy atom. The minimum atomic E-state index is -4.43. The third kappa shape index (κ3) is 3.00. The molecule has 2 N–H and O–H groups in total. The highest BCUT2D eigenvalue weighted by atomic mass is 19.4. The lowest BCUT2D eigenvalue weighted by atomic mass is 9.95. The Morgan fingerprint density at radius 1 is 1.35 bits per heavy atom.